The molecule has 23 heavy (non-hydrogen) atoms. The van der Waals surface area contributed by atoms with Crippen LogP contribution in [0.3, 0.4) is 0 Å². The van der Waals surface area contributed by atoms with Gasteiger partial charge in [-0.3, -0.25) is 4.79 Å². The van der Waals surface area contributed by atoms with Crippen molar-refractivity contribution in [2.24, 2.45) is 5.73 Å². The molecule has 0 aliphatic carbocycles. The summed E-state index contributed by atoms with van der Waals surface area (Å²) in [5, 5.41) is 2.44. The van der Waals surface area contributed by atoms with Crippen LogP contribution in [-0.2, 0) is 6.54 Å². The highest BCUT2D eigenvalue weighted by atomic mass is 16.1. The van der Waals surface area contributed by atoms with Crippen molar-refractivity contribution in [3.8, 4) is 0 Å². The van der Waals surface area contributed by atoms with Crippen molar-refractivity contribution in [2.75, 3.05) is 0 Å². The minimum absolute atomic E-state index is 0.453. The van der Waals surface area contributed by atoms with Crippen molar-refractivity contribution in [1.29, 1.82) is 0 Å². The van der Waals surface area contributed by atoms with Gasteiger partial charge in [0.05, 0.1) is 17.4 Å². The van der Waals surface area contributed by atoms with Gasteiger partial charge in [0, 0.05) is 6.54 Å². The van der Waals surface area contributed by atoms with Crippen LogP contribution in [0.15, 0.2) is 67.0 Å². The fourth-order valence-electron chi connectivity index (χ4n) is 3.03. The second-order valence-corrected chi connectivity index (χ2v) is 5.55. The Morgan fingerprint density at radius 1 is 1.00 bits per heavy atom. The molecule has 0 spiro atoms. The molecule has 0 aliphatic rings. The number of carbonyl (C=O) groups is 1. The summed E-state index contributed by atoms with van der Waals surface area (Å²) in [6.45, 7) is 0.695. The van der Waals surface area contributed by atoms with E-state index in [1.807, 2.05) is 28.8 Å². The molecule has 4 rings (SSSR count). The van der Waals surface area contributed by atoms with Gasteiger partial charge in [0.1, 0.15) is 5.52 Å². The van der Waals surface area contributed by atoms with E-state index in [4.69, 9.17) is 5.73 Å². The average molecular weight is 301 g/mol. The summed E-state index contributed by atoms with van der Waals surface area (Å²) in [5.41, 5.74) is 8.66. The summed E-state index contributed by atoms with van der Waals surface area (Å²) in [4.78, 5) is 15.9. The third-order valence-electron chi connectivity index (χ3n) is 4.14. The second-order valence-electron chi connectivity index (χ2n) is 5.55. The first-order chi connectivity index (χ1) is 11.2. The monoisotopic (exact) mass is 301 g/mol. The van der Waals surface area contributed by atoms with Crippen molar-refractivity contribution in [3.63, 3.8) is 0 Å². The third-order valence-corrected chi connectivity index (χ3v) is 4.14. The van der Waals surface area contributed by atoms with Gasteiger partial charge in [0.25, 0.3) is 5.91 Å². The number of aromatic nitrogens is 2. The van der Waals surface area contributed by atoms with Gasteiger partial charge in [-0.05, 0) is 28.5 Å². The summed E-state index contributed by atoms with van der Waals surface area (Å²) in [6.07, 6.45) is 1.76. The number of amides is 1. The van der Waals surface area contributed by atoms with Crippen molar-refractivity contribution < 1.29 is 4.79 Å². The van der Waals surface area contributed by atoms with Gasteiger partial charge in [0.15, 0.2) is 0 Å². The van der Waals surface area contributed by atoms with Crippen LogP contribution >= 0.6 is 0 Å². The lowest BCUT2D eigenvalue weighted by Gasteiger charge is -2.08. The number of imidazole rings is 1. The maximum atomic E-state index is 11.5. The van der Waals surface area contributed by atoms with Gasteiger partial charge >= 0.3 is 0 Å². The molecule has 4 heteroatoms. The summed E-state index contributed by atoms with van der Waals surface area (Å²) in [5.74, 6) is -0.453. The molecule has 1 aromatic heterocycles. The van der Waals surface area contributed by atoms with Crippen LogP contribution in [0.4, 0.5) is 0 Å². The van der Waals surface area contributed by atoms with Crippen LogP contribution in [0.1, 0.15) is 15.9 Å². The highest BCUT2D eigenvalue weighted by Crippen LogP contribution is 2.22. The molecule has 4 nitrogen and oxygen atoms in total. The van der Waals surface area contributed by atoms with Gasteiger partial charge in [-0.15, -0.1) is 0 Å². The number of nitrogens with two attached hydrogens (primary N) is 1. The Morgan fingerprint density at radius 2 is 1.78 bits per heavy atom. The lowest BCUT2D eigenvalue weighted by molar-refractivity contribution is 0.100. The van der Waals surface area contributed by atoms with Gasteiger partial charge in [-0.2, -0.15) is 0 Å². The number of primary amides is 1. The minimum Gasteiger partial charge on any atom is -0.366 e. The first-order valence-corrected chi connectivity index (χ1v) is 7.44. The van der Waals surface area contributed by atoms with Crippen molar-refractivity contribution in [1.82, 2.24) is 9.55 Å². The van der Waals surface area contributed by atoms with E-state index in [2.05, 4.69) is 35.3 Å². The highest BCUT2D eigenvalue weighted by Gasteiger charge is 2.11. The molecule has 4 aromatic rings. The fraction of sp³-hybridized carbons (Fsp3) is 0.0526. The Balaban J connectivity index is 1.84. The standard InChI is InChI=1S/C19H15N3O/c20-19(23)16-9-4-10-17-18(16)21-12-22(17)11-14-7-3-6-13-5-1-2-8-15(13)14/h1-10,12H,11H2,(H2,20,23). The third kappa shape index (κ3) is 2.25. The largest absolute Gasteiger partial charge is 0.366 e. The maximum Gasteiger partial charge on any atom is 0.250 e. The van der Waals surface area contributed by atoms with Gasteiger partial charge in [-0.1, -0.05) is 48.5 Å². The summed E-state index contributed by atoms with van der Waals surface area (Å²) < 4.78 is 2.05. The quantitative estimate of drug-likeness (QED) is 0.631. The molecule has 0 unspecified atom stereocenters. The van der Waals surface area contributed by atoms with Gasteiger partial charge in [-0.25, -0.2) is 4.98 Å². The zero-order valence-corrected chi connectivity index (χ0v) is 12.4. The van der Waals surface area contributed by atoms with Crippen molar-refractivity contribution in [3.05, 3.63) is 78.1 Å². The van der Waals surface area contributed by atoms with E-state index in [9.17, 15) is 4.79 Å². The molecule has 1 amide bonds. The van der Waals surface area contributed by atoms with Crippen LogP contribution in [0.2, 0.25) is 0 Å². The minimum atomic E-state index is -0.453. The topological polar surface area (TPSA) is 60.9 Å². The molecule has 112 valence electrons. The van der Waals surface area contributed by atoms with Gasteiger partial charge < -0.3 is 10.3 Å². The molecule has 2 N–H and O–H groups in total. The number of fused-ring (bicyclic) bond motifs is 2. The number of para-hydroxylation sites is 1. The van der Waals surface area contributed by atoms with Crippen LogP contribution in [-0.4, -0.2) is 15.5 Å². The Bertz CT molecular complexity index is 1030. The van der Waals surface area contributed by atoms with E-state index < -0.39 is 5.91 Å². The van der Waals surface area contributed by atoms with E-state index in [1.54, 1.807) is 12.4 Å². The Labute approximate surface area is 133 Å². The van der Waals surface area contributed by atoms with E-state index in [0.717, 1.165) is 5.52 Å². The lowest BCUT2D eigenvalue weighted by Crippen LogP contribution is -2.11. The molecule has 0 fully saturated rings. The predicted molar refractivity (Wildman–Crippen MR) is 91.3 cm³/mol. The molecule has 0 aliphatic heterocycles. The van der Waals surface area contributed by atoms with Crippen LogP contribution in [0.5, 0.6) is 0 Å². The molecule has 0 saturated carbocycles. The smallest absolute Gasteiger partial charge is 0.250 e. The van der Waals surface area contributed by atoms with Crippen LogP contribution in [0.25, 0.3) is 21.8 Å². The summed E-state index contributed by atoms with van der Waals surface area (Å²) in [6, 6.07) is 20.1. The number of nitrogens with zero attached hydrogens (tertiary/aromatic N) is 2. The molecule has 3 aromatic carbocycles. The molecule has 0 saturated heterocycles. The predicted octanol–water partition coefficient (Wildman–Crippen LogP) is 3.34. The number of carbonyl (C=O) groups excluding carboxylic acids is 1. The number of hydrogen-bond acceptors (Lipinski definition) is 2. The van der Waals surface area contributed by atoms with Crippen molar-refractivity contribution >= 4 is 27.7 Å². The lowest BCUT2D eigenvalue weighted by atomic mass is 10.0. The van der Waals surface area contributed by atoms with E-state index >= 15 is 0 Å². The van der Waals surface area contributed by atoms with Crippen LogP contribution in [0, 0.1) is 0 Å². The normalized spacial score (nSPS) is 11.1. The zero-order chi connectivity index (χ0) is 15.8. The Morgan fingerprint density at radius 3 is 2.65 bits per heavy atom. The Hall–Kier alpha value is -3.14. The fourth-order valence-corrected chi connectivity index (χ4v) is 3.03. The van der Waals surface area contributed by atoms with Gasteiger partial charge in [0.2, 0.25) is 0 Å². The SMILES string of the molecule is NC(=O)c1cccc2c1ncn2Cc1cccc2ccccc12. The number of rotatable bonds is 3. The van der Waals surface area contributed by atoms with Crippen LogP contribution < -0.4 is 5.73 Å². The Kier molecular flexibility index (Phi) is 3.08. The number of benzene rings is 3. The summed E-state index contributed by atoms with van der Waals surface area (Å²) in [7, 11) is 0. The molecule has 0 bridgehead atoms. The maximum absolute atomic E-state index is 11.5. The molecule has 0 atom stereocenters. The van der Waals surface area contributed by atoms with E-state index in [1.165, 1.54) is 16.3 Å². The molecular weight excluding hydrogens is 286 g/mol. The first kappa shape index (κ1) is 13.5. The first-order valence-electron chi connectivity index (χ1n) is 7.44. The van der Waals surface area contributed by atoms with E-state index in [0.29, 0.717) is 17.6 Å². The zero-order valence-electron chi connectivity index (χ0n) is 12.4. The highest BCUT2D eigenvalue weighted by molar-refractivity contribution is 6.04. The molecule has 0 radical (unpaired) electrons. The molecule has 1 heterocycles. The summed E-state index contributed by atoms with van der Waals surface area (Å²) >= 11 is 0. The average Bonchev–Trinajstić information content (AvgIpc) is 2.98. The van der Waals surface area contributed by atoms with Crippen molar-refractivity contribution in [2.45, 2.75) is 6.54 Å². The molecular formula is C19H15N3O. The van der Waals surface area contributed by atoms with E-state index in [-0.39, 0.29) is 0 Å². The second kappa shape index (κ2) is 5.25. The number of hydrogen-bond donors (Lipinski definition) is 1.